The quantitative estimate of drug-likeness (QED) is 0.522. The van der Waals surface area contributed by atoms with Gasteiger partial charge in [0.1, 0.15) is 11.4 Å². The number of imide groups is 1. The van der Waals surface area contributed by atoms with Gasteiger partial charge in [0.25, 0.3) is 5.91 Å². The summed E-state index contributed by atoms with van der Waals surface area (Å²) in [6.45, 7) is 6.80. The molecule has 1 aliphatic heterocycles. The van der Waals surface area contributed by atoms with Gasteiger partial charge in [0.15, 0.2) is 6.61 Å². The third-order valence-corrected chi connectivity index (χ3v) is 7.79. The van der Waals surface area contributed by atoms with Gasteiger partial charge >= 0.3 is 12.0 Å². The van der Waals surface area contributed by atoms with Gasteiger partial charge in [-0.15, -0.1) is 0 Å². The number of urea groups is 1. The minimum Gasteiger partial charge on any atom is -0.452 e. The van der Waals surface area contributed by atoms with Crippen LogP contribution in [-0.2, 0) is 20.9 Å². The second kappa shape index (κ2) is 12.5. The molecule has 2 heterocycles. The van der Waals surface area contributed by atoms with E-state index in [1.54, 1.807) is 15.5 Å². The number of esters is 1. The second-order valence-electron chi connectivity index (χ2n) is 10.4. The van der Waals surface area contributed by atoms with Crippen LogP contribution in [0, 0.1) is 11.7 Å². The number of aryl methyl sites for hydroxylation is 1. The van der Waals surface area contributed by atoms with E-state index in [1.165, 1.54) is 13.1 Å². The first-order valence-electron chi connectivity index (χ1n) is 13.7. The molecule has 216 valence electrons. The van der Waals surface area contributed by atoms with Crippen LogP contribution in [0.25, 0.3) is 10.9 Å². The van der Waals surface area contributed by atoms with Crippen molar-refractivity contribution in [1.82, 2.24) is 20.1 Å². The standard InChI is InChI=1S/C28H36FN5O6/c1-4-32-15-20(27(38)40-16-25(36)31-28(39)30-22-8-6-5-7-17(22)2)26(37)19-13-21(29)24(14-23(19)32)34-11-9-33(10-12-34)18(3)35/h13-15,17,22H,4-12,16H2,1-3H3,(H2,30,31,36,39)/t17-,22+/m0/s1. The predicted octanol–water partition coefficient (Wildman–Crippen LogP) is 2.39. The third kappa shape index (κ3) is 6.43. The summed E-state index contributed by atoms with van der Waals surface area (Å²) in [6, 6.07) is 2.00. The van der Waals surface area contributed by atoms with Crippen molar-refractivity contribution < 1.29 is 28.3 Å². The van der Waals surface area contributed by atoms with Crippen LogP contribution >= 0.6 is 0 Å². The number of hydrogen-bond acceptors (Lipinski definition) is 7. The molecule has 1 aromatic heterocycles. The summed E-state index contributed by atoms with van der Waals surface area (Å²) in [6.07, 6.45) is 5.28. The molecule has 2 fully saturated rings. The van der Waals surface area contributed by atoms with E-state index in [1.807, 2.05) is 18.7 Å². The van der Waals surface area contributed by atoms with E-state index in [-0.39, 0.29) is 22.9 Å². The van der Waals surface area contributed by atoms with Crippen LogP contribution < -0.4 is 21.0 Å². The van der Waals surface area contributed by atoms with Gasteiger partial charge in [0.2, 0.25) is 11.3 Å². The summed E-state index contributed by atoms with van der Waals surface area (Å²) in [7, 11) is 0. The summed E-state index contributed by atoms with van der Waals surface area (Å²) in [5, 5.41) is 4.94. The third-order valence-electron chi connectivity index (χ3n) is 7.79. The van der Waals surface area contributed by atoms with Crippen LogP contribution in [0.3, 0.4) is 0 Å². The first-order valence-corrected chi connectivity index (χ1v) is 13.7. The largest absolute Gasteiger partial charge is 0.452 e. The molecule has 1 saturated carbocycles. The number of amides is 4. The van der Waals surface area contributed by atoms with Crippen LogP contribution in [0.4, 0.5) is 14.9 Å². The highest BCUT2D eigenvalue weighted by Gasteiger charge is 2.25. The fraction of sp³-hybridized carbons (Fsp3) is 0.536. The Bertz CT molecular complexity index is 1370. The van der Waals surface area contributed by atoms with E-state index in [2.05, 4.69) is 10.6 Å². The number of ether oxygens (including phenoxy) is 1. The van der Waals surface area contributed by atoms with Crippen LogP contribution in [0.15, 0.2) is 23.1 Å². The molecule has 1 aliphatic carbocycles. The summed E-state index contributed by atoms with van der Waals surface area (Å²) >= 11 is 0. The van der Waals surface area contributed by atoms with Crippen molar-refractivity contribution >= 4 is 40.4 Å². The average Bonchev–Trinajstić information content (AvgIpc) is 2.93. The topological polar surface area (TPSA) is 130 Å². The number of rotatable bonds is 6. The van der Waals surface area contributed by atoms with Gasteiger partial charge in [0, 0.05) is 57.3 Å². The lowest BCUT2D eigenvalue weighted by Crippen LogP contribution is -2.48. The number of carbonyl (C=O) groups excluding carboxylic acids is 4. The van der Waals surface area contributed by atoms with Crippen LogP contribution in [0.1, 0.15) is 56.8 Å². The van der Waals surface area contributed by atoms with E-state index in [4.69, 9.17) is 4.74 Å². The zero-order valence-corrected chi connectivity index (χ0v) is 23.1. The number of aromatic nitrogens is 1. The number of fused-ring (bicyclic) bond motifs is 1. The molecule has 1 saturated heterocycles. The highest BCUT2D eigenvalue weighted by atomic mass is 19.1. The zero-order valence-electron chi connectivity index (χ0n) is 23.1. The maximum atomic E-state index is 15.2. The number of benzene rings is 1. The predicted molar refractivity (Wildman–Crippen MR) is 147 cm³/mol. The number of nitrogens with zero attached hydrogens (tertiary/aromatic N) is 3. The van der Waals surface area contributed by atoms with Gasteiger partial charge in [-0.1, -0.05) is 19.8 Å². The first kappa shape index (κ1) is 29.0. The molecule has 1 aromatic carbocycles. The first-order chi connectivity index (χ1) is 19.1. The molecule has 0 radical (unpaired) electrons. The molecule has 4 amide bonds. The second-order valence-corrected chi connectivity index (χ2v) is 10.4. The molecule has 12 heteroatoms. The maximum absolute atomic E-state index is 15.2. The Morgan fingerprint density at radius 1 is 1.07 bits per heavy atom. The lowest BCUT2D eigenvalue weighted by atomic mass is 9.86. The molecular formula is C28H36FN5O6. The lowest BCUT2D eigenvalue weighted by molar-refractivity contribution is -0.129. The Hall–Kier alpha value is -3.96. The van der Waals surface area contributed by atoms with Crippen molar-refractivity contribution in [2.45, 2.75) is 59.0 Å². The van der Waals surface area contributed by atoms with Crippen LogP contribution in [-0.4, -0.2) is 72.1 Å². The summed E-state index contributed by atoms with van der Waals surface area (Å²) in [4.78, 5) is 65.5. The molecule has 4 rings (SSSR count). The number of hydrogen-bond donors (Lipinski definition) is 2. The van der Waals surface area contributed by atoms with Crippen LogP contribution in [0.5, 0.6) is 0 Å². The number of carbonyl (C=O) groups is 4. The van der Waals surface area contributed by atoms with Crippen molar-refractivity contribution in [2.75, 3.05) is 37.7 Å². The molecule has 40 heavy (non-hydrogen) atoms. The summed E-state index contributed by atoms with van der Waals surface area (Å²) in [5.41, 5.74) is -0.308. The number of anilines is 1. The lowest BCUT2D eigenvalue weighted by Gasteiger charge is -2.36. The number of pyridine rings is 1. The fourth-order valence-corrected chi connectivity index (χ4v) is 5.42. The maximum Gasteiger partial charge on any atom is 0.344 e. The Morgan fingerprint density at radius 2 is 1.77 bits per heavy atom. The number of nitrogens with one attached hydrogen (secondary N) is 2. The number of piperazine rings is 1. The summed E-state index contributed by atoms with van der Waals surface area (Å²) in [5.74, 6) is -2.22. The van der Waals surface area contributed by atoms with Crippen molar-refractivity contribution in [2.24, 2.45) is 5.92 Å². The van der Waals surface area contributed by atoms with Gasteiger partial charge < -0.3 is 24.4 Å². The van der Waals surface area contributed by atoms with Gasteiger partial charge in [-0.05, 0) is 37.8 Å². The Balaban J connectivity index is 1.45. The normalized spacial score (nSPS) is 19.3. The SMILES string of the molecule is CCn1cc(C(=O)OCC(=O)NC(=O)N[C@@H]2CCCC[C@@H]2C)c(=O)c2cc(F)c(N3CCN(C(C)=O)CC3)cc21. The Morgan fingerprint density at radius 3 is 2.42 bits per heavy atom. The van der Waals surface area contributed by atoms with E-state index in [0.717, 1.165) is 31.7 Å². The molecule has 2 aromatic rings. The molecule has 0 bridgehead atoms. The molecule has 0 spiro atoms. The minimum absolute atomic E-state index is 0.00496. The average molecular weight is 558 g/mol. The molecular weight excluding hydrogens is 521 g/mol. The van der Waals surface area contributed by atoms with E-state index in [0.29, 0.717) is 49.8 Å². The Labute approximate surface area is 231 Å². The molecule has 2 atom stereocenters. The molecule has 11 nitrogen and oxygen atoms in total. The molecule has 2 aliphatic rings. The highest BCUT2D eigenvalue weighted by molar-refractivity contribution is 5.98. The van der Waals surface area contributed by atoms with E-state index >= 15 is 4.39 Å². The number of halogens is 1. The van der Waals surface area contributed by atoms with Crippen molar-refractivity contribution in [3.63, 3.8) is 0 Å². The minimum atomic E-state index is -1.05. The molecule has 2 N–H and O–H groups in total. The van der Waals surface area contributed by atoms with E-state index in [9.17, 15) is 24.0 Å². The van der Waals surface area contributed by atoms with Gasteiger partial charge in [0.05, 0.1) is 11.2 Å². The van der Waals surface area contributed by atoms with Crippen molar-refractivity contribution in [1.29, 1.82) is 0 Å². The van der Waals surface area contributed by atoms with Gasteiger partial charge in [-0.3, -0.25) is 19.7 Å². The Kier molecular flexibility index (Phi) is 9.06. The highest BCUT2D eigenvalue weighted by Crippen LogP contribution is 2.27. The smallest absolute Gasteiger partial charge is 0.344 e. The van der Waals surface area contributed by atoms with E-state index < -0.39 is 35.8 Å². The van der Waals surface area contributed by atoms with Crippen molar-refractivity contribution in [3.05, 3.63) is 39.9 Å². The summed E-state index contributed by atoms with van der Waals surface area (Å²) < 4.78 is 21.9. The zero-order chi connectivity index (χ0) is 29.0. The van der Waals surface area contributed by atoms with Crippen molar-refractivity contribution in [3.8, 4) is 0 Å². The van der Waals surface area contributed by atoms with Gasteiger partial charge in [-0.2, -0.15) is 0 Å². The molecule has 0 unspecified atom stereocenters. The monoisotopic (exact) mass is 557 g/mol. The van der Waals surface area contributed by atoms with Crippen LogP contribution in [0.2, 0.25) is 0 Å². The van der Waals surface area contributed by atoms with Gasteiger partial charge in [-0.25, -0.2) is 14.0 Å². The fourth-order valence-electron chi connectivity index (χ4n) is 5.42.